The number of non-ortho nitro benzene ring substituents is 1. The Morgan fingerprint density at radius 3 is 3.00 bits per heavy atom. The molecule has 3 aliphatic rings. The summed E-state index contributed by atoms with van der Waals surface area (Å²) in [5.74, 6) is -0.930. The summed E-state index contributed by atoms with van der Waals surface area (Å²) in [7, 11) is 1.35. The fourth-order valence-electron chi connectivity index (χ4n) is 4.58. The van der Waals surface area contributed by atoms with Crippen molar-refractivity contribution in [2.75, 3.05) is 19.0 Å². The van der Waals surface area contributed by atoms with E-state index < -0.39 is 16.4 Å². The molecule has 3 heterocycles. The van der Waals surface area contributed by atoms with E-state index in [9.17, 15) is 19.7 Å². The third-order valence-corrected chi connectivity index (χ3v) is 5.56. The van der Waals surface area contributed by atoms with Crippen molar-refractivity contribution < 1.29 is 19.2 Å². The molecule has 1 aromatic rings. The monoisotopic (exact) mass is 331 g/mol. The Balaban J connectivity index is 1.86. The van der Waals surface area contributed by atoms with Crippen molar-refractivity contribution in [3.63, 3.8) is 0 Å². The van der Waals surface area contributed by atoms with Gasteiger partial charge in [0.25, 0.3) is 5.69 Å². The van der Waals surface area contributed by atoms with Gasteiger partial charge < -0.3 is 10.1 Å². The number of ether oxygens (including phenoxy) is 1. The van der Waals surface area contributed by atoms with Crippen LogP contribution >= 0.6 is 0 Å². The van der Waals surface area contributed by atoms with E-state index in [2.05, 4.69) is 5.32 Å². The molecule has 1 amide bonds. The van der Waals surface area contributed by atoms with Gasteiger partial charge in [-0.25, -0.2) is 0 Å². The van der Waals surface area contributed by atoms with Crippen molar-refractivity contribution in [1.82, 2.24) is 4.90 Å². The maximum absolute atomic E-state index is 12.9. The highest BCUT2D eigenvalue weighted by Gasteiger charge is 2.63. The van der Waals surface area contributed by atoms with Gasteiger partial charge in [0.15, 0.2) is 0 Å². The number of nitrogens with zero attached hydrogens (tertiary/aromatic N) is 2. The molecule has 8 nitrogen and oxygen atoms in total. The average Bonchev–Trinajstić information content (AvgIpc) is 3.22. The van der Waals surface area contributed by atoms with Crippen molar-refractivity contribution in [3.05, 3.63) is 33.9 Å². The van der Waals surface area contributed by atoms with Gasteiger partial charge in [0.1, 0.15) is 5.54 Å². The smallest absolute Gasteiger partial charge is 0.310 e. The molecule has 2 fully saturated rings. The molecule has 1 aromatic carbocycles. The number of carbonyl (C=O) groups excluding carboxylic acids is 2. The molecular weight excluding hydrogens is 314 g/mol. The molecule has 2 saturated heterocycles. The first-order chi connectivity index (χ1) is 11.5. The average molecular weight is 331 g/mol. The molecule has 3 aliphatic heterocycles. The molecular formula is C16H17N3O5. The third-order valence-electron chi connectivity index (χ3n) is 5.56. The van der Waals surface area contributed by atoms with Gasteiger partial charge in [-0.15, -0.1) is 0 Å². The van der Waals surface area contributed by atoms with E-state index in [1.54, 1.807) is 6.07 Å². The molecule has 1 spiro atoms. The van der Waals surface area contributed by atoms with Gasteiger partial charge in [-0.2, -0.15) is 0 Å². The normalized spacial score (nSPS) is 31.0. The highest BCUT2D eigenvalue weighted by atomic mass is 16.6. The van der Waals surface area contributed by atoms with Crippen molar-refractivity contribution >= 4 is 23.3 Å². The number of hydrogen-bond donors (Lipinski definition) is 1. The van der Waals surface area contributed by atoms with Crippen molar-refractivity contribution in [1.29, 1.82) is 0 Å². The Labute approximate surface area is 137 Å². The lowest BCUT2D eigenvalue weighted by molar-refractivity contribution is -0.384. The number of nitro groups is 1. The number of methoxy groups -OCH3 is 1. The lowest BCUT2D eigenvalue weighted by Crippen LogP contribution is -2.47. The van der Waals surface area contributed by atoms with Crippen LogP contribution in [0.1, 0.15) is 24.8 Å². The lowest BCUT2D eigenvalue weighted by Gasteiger charge is -2.32. The number of nitrogens with one attached hydrogen (secondary N) is 1. The zero-order chi connectivity index (χ0) is 17.1. The van der Waals surface area contributed by atoms with Crippen LogP contribution in [0.15, 0.2) is 18.2 Å². The second-order valence-electron chi connectivity index (χ2n) is 6.54. The van der Waals surface area contributed by atoms with Crippen LogP contribution in [0.25, 0.3) is 0 Å². The van der Waals surface area contributed by atoms with Gasteiger partial charge in [-0.1, -0.05) is 0 Å². The number of esters is 1. The van der Waals surface area contributed by atoms with E-state index in [-0.39, 0.29) is 23.6 Å². The molecule has 0 aromatic heterocycles. The summed E-state index contributed by atoms with van der Waals surface area (Å²) in [4.78, 5) is 37.8. The summed E-state index contributed by atoms with van der Waals surface area (Å²) in [5.41, 5.74) is 0.116. The minimum absolute atomic E-state index is 0.0538. The molecule has 8 heteroatoms. The molecule has 126 valence electrons. The number of fused-ring (bicyclic) bond motifs is 4. The summed E-state index contributed by atoms with van der Waals surface area (Å²) in [6, 6.07) is 4.35. The Morgan fingerprint density at radius 1 is 1.50 bits per heavy atom. The van der Waals surface area contributed by atoms with Gasteiger partial charge in [-0.3, -0.25) is 24.6 Å². The number of rotatable bonds is 2. The zero-order valence-corrected chi connectivity index (χ0v) is 13.2. The topological polar surface area (TPSA) is 102 Å². The van der Waals surface area contributed by atoms with Gasteiger partial charge in [0, 0.05) is 29.4 Å². The molecule has 0 bridgehead atoms. The van der Waals surface area contributed by atoms with Crippen molar-refractivity contribution in [2.24, 2.45) is 5.92 Å². The van der Waals surface area contributed by atoms with Gasteiger partial charge in [0.2, 0.25) is 5.91 Å². The largest absolute Gasteiger partial charge is 0.469 e. The number of hydrogen-bond acceptors (Lipinski definition) is 6. The third kappa shape index (κ3) is 1.77. The minimum atomic E-state index is -1.01. The first-order valence-electron chi connectivity index (χ1n) is 7.94. The molecule has 24 heavy (non-hydrogen) atoms. The molecule has 0 aliphatic carbocycles. The van der Waals surface area contributed by atoms with Crippen LogP contribution in [0.2, 0.25) is 0 Å². The highest BCUT2D eigenvalue weighted by molar-refractivity contribution is 6.07. The van der Waals surface area contributed by atoms with E-state index >= 15 is 0 Å². The van der Waals surface area contributed by atoms with Crippen LogP contribution in [0, 0.1) is 16.0 Å². The predicted molar refractivity (Wildman–Crippen MR) is 83.3 cm³/mol. The Morgan fingerprint density at radius 2 is 2.29 bits per heavy atom. The number of anilines is 1. The van der Waals surface area contributed by atoms with Gasteiger partial charge in [0.05, 0.1) is 18.0 Å². The second-order valence-corrected chi connectivity index (χ2v) is 6.54. The molecule has 0 saturated carbocycles. The highest BCUT2D eigenvalue weighted by Crippen LogP contribution is 2.54. The van der Waals surface area contributed by atoms with Crippen LogP contribution in [0.3, 0.4) is 0 Å². The zero-order valence-electron chi connectivity index (χ0n) is 13.2. The Bertz CT molecular complexity index is 764. The lowest BCUT2D eigenvalue weighted by atomic mass is 9.84. The van der Waals surface area contributed by atoms with E-state index in [1.165, 1.54) is 19.2 Å². The first-order valence-corrected chi connectivity index (χ1v) is 7.94. The fraction of sp³-hybridized carbons (Fsp3) is 0.500. The molecule has 0 unspecified atom stereocenters. The fourth-order valence-corrected chi connectivity index (χ4v) is 4.58. The quantitative estimate of drug-likeness (QED) is 0.499. The summed E-state index contributed by atoms with van der Waals surface area (Å²) in [6.07, 6.45) is 2.00. The number of nitro benzene ring substituents is 1. The van der Waals surface area contributed by atoms with Crippen LogP contribution in [0.5, 0.6) is 0 Å². The first kappa shape index (κ1) is 15.1. The maximum atomic E-state index is 12.9. The van der Waals surface area contributed by atoms with Crippen LogP contribution in [-0.4, -0.2) is 41.4 Å². The molecule has 3 atom stereocenters. The maximum Gasteiger partial charge on any atom is 0.310 e. The van der Waals surface area contributed by atoms with Crippen molar-refractivity contribution in [2.45, 2.75) is 30.8 Å². The Kier molecular flexibility index (Phi) is 3.14. The molecule has 1 N–H and O–H groups in total. The van der Waals surface area contributed by atoms with E-state index in [4.69, 9.17) is 4.74 Å². The van der Waals surface area contributed by atoms with E-state index in [0.29, 0.717) is 24.2 Å². The number of carbonyl (C=O) groups is 2. The van der Waals surface area contributed by atoms with E-state index in [1.807, 2.05) is 4.90 Å². The molecule has 0 radical (unpaired) electrons. The van der Waals surface area contributed by atoms with E-state index in [0.717, 1.165) is 12.8 Å². The Hall–Kier alpha value is -2.48. The van der Waals surface area contributed by atoms with Crippen molar-refractivity contribution in [3.8, 4) is 0 Å². The number of benzene rings is 1. The molecule has 4 rings (SSSR count). The summed E-state index contributed by atoms with van der Waals surface area (Å²) in [5, 5.41) is 14.0. The number of amides is 1. The standard InChI is InChI=1S/C16H17N3O5/c1-24-14(20)10-8-16(18-6-2-3-13(10)18)11-7-9(19(22)23)4-5-12(11)17-15(16)21/h4-5,7,10,13H,2-3,6,8H2,1H3,(H,17,21)/t10-,13+,16-/m0/s1. The minimum Gasteiger partial charge on any atom is -0.469 e. The SMILES string of the molecule is COC(=O)[C@H]1C[C@]2(C(=O)Nc3ccc([N+](=O)[O-])cc32)N2CCC[C@H]12. The summed E-state index contributed by atoms with van der Waals surface area (Å²) >= 11 is 0. The van der Waals surface area contributed by atoms with Gasteiger partial charge >= 0.3 is 5.97 Å². The van der Waals surface area contributed by atoms with Crippen LogP contribution in [0.4, 0.5) is 11.4 Å². The second kappa shape index (κ2) is 5.01. The van der Waals surface area contributed by atoms with Crippen LogP contribution in [-0.2, 0) is 19.9 Å². The van der Waals surface area contributed by atoms with Gasteiger partial charge in [-0.05, 0) is 31.9 Å². The predicted octanol–water partition coefficient (Wildman–Crippen LogP) is 1.40. The summed E-state index contributed by atoms with van der Waals surface area (Å²) < 4.78 is 4.92. The summed E-state index contributed by atoms with van der Waals surface area (Å²) in [6.45, 7) is 0.688. The van der Waals surface area contributed by atoms with Crippen LogP contribution < -0.4 is 5.32 Å².